The van der Waals surface area contributed by atoms with Crippen LogP contribution < -0.4 is 5.32 Å². The van der Waals surface area contributed by atoms with Gasteiger partial charge >= 0.3 is 0 Å². The predicted molar refractivity (Wildman–Crippen MR) is 148 cm³/mol. The third kappa shape index (κ3) is 5.84. The van der Waals surface area contributed by atoms with E-state index in [0.29, 0.717) is 36.6 Å². The molecule has 4 rings (SSSR count). The molecule has 0 atom stereocenters. The summed E-state index contributed by atoms with van der Waals surface area (Å²) < 4.78 is 15.6. The maximum atomic E-state index is 13.7. The first-order valence-corrected chi connectivity index (χ1v) is 13.2. The topological polar surface area (TPSA) is 46.9 Å². The number of nitrogens with zero attached hydrogens (tertiary/aromatic N) is 2. The van der Waals surface area contributed by atoms with Gasteiger partial charge in [0, 0.05) is 16.1 Å². The lowest BCUT2D eigenvalue weighted by molar-refractivity contribution is -0.113. The number of aromatic nitrogens is 2. The summed E-state index contributed by atoms with van der Waals surface area (Å²) in [5.41, 5.74) is 2.38. The van der Waals surface area contributed by atoms with Gasteiger partial charge in [0.2, 0.25) is 5.91 Å². The smallest absolute Gasteiger partial charge is 0.234 e. The Hall–Kier alpha value is -2.22. The van der Waals surface area contributed by atoms with E-state index in [9.17, 15) is 9.18 Å². The first kappa shape index (κ1) is 26.8. The minimum atomic E-state index is -0.548. The van der Waals surface area contributed by atoms with Crippen LogP contribution in [0.1, 0.15) is 25.1 Å². The highest BCUT2D eigenvalue weighted by Gasteiger charge is 2.30. The number of amides is 1. The number of rotatable bonds is 7. The van der Waals surface area contributed by atoms with Gasteiger partial charge in [-0.05, 0) is 60.2 Å². The second kappa shape index (κ2) is 11.0. The number of hydrogen-bond donors (Lipinski definition) is 1. The zero-order valence-corrected chi connectivity index (χ0v) is 23.0. The third-order valence-electron chi connectivity index (χ3n) is 5.63. The SMILES string of the molecule is CC(C)(c1ccc(Cl)c(Cl)c1)c1cnc(SCC(=O)Nc2ccc(Cl)cc2Cl)n1-c1ccc(F)cc1. The Bertz CT molecular complexity index is 1420. The van der Waals surface area contributed by atoms with Gasteiger partial charge in [0.1, 0.15) is 5.82 Å². The molecule has 3 aromatic carbocycles. The second-order valence-electron chi connectivity index (χ2n) is 8.45. The standard InChI is InChI=1S/C26H20Cl4FN3OS/c1-26(2,15-3-9-19(28)20(29)11-15)23-13-32-25(34(23)18-7-5-17(31)6-8-18)36-14-24(35)33-22-10-4-16(27)12-21(22)30/h3-13H,14H2,1-2H3,(H,33,35). The van der Waals surface area contributed by atoms with Crippen LogP contribution in [0.25, 0.3) is 5.69 Å². The van der Waals surface area contributed by atoms with E-state index in [1.165, 1.54) is 23.9 Å². The van der Waals surface area contributed by atoms with Gasteiger partial charge in [0.15, 0.2) is 5.16 Å². The van der Waals surface area contributed by atoms with Crippen molar-refractivity contribution in [2.24, 2.45) is 0 Å². The molecule has 0 fully saturated rings. The van der Waals surface area contributed by atoms with E-state index in [-0.39, 0.29) is 17.5 Å². The summed E-state index contributed by atoms with van der Waals surface area (Å²) in [5, 5.41) is 5.09. The molecule has 0 spiro atoms. The zero-order chi connectivity index (χ0) is 26.0. The van der Waals surface area contributed by atoms with Crippen molar-refractivity contribution in [3.63, 3.8) is 0 Å². The molecule has 0 radical (unpaired) electrons. The fraction of sp³-hybridized carbons (Fsp3) is 0.154. The lowest BCUT2D eigenvalue weighted by Crippen LogP contribution is -2.23. The first-order valence-electron chi connectivity index (χ1n) is 10.7. The van der Waals surface area contributed by atoms with Crippen LogP contribution in [0.4, 0.5) is 10.1 Å². The molecule has 0 unspecified atom stereocenters. The number of carbonyl (C=O) groups is 1. The van der Waals surface area contributed by atoms with Crippen LogP contribution in [0.5, 0.6) is 0 Å². The van der Waals surface area contributed by atoms with Crippen LogP contribution in [0, 0.1) is 5.82 Å². The van der Waals surface area contributed by atoms with Gasteiger partial charge in [-0.3, -0.25) is 9.36 Å². The van der Waals surface area contributed by atoms with Gasteiger partial charge in [-0.25, -0.2) is 9.37 Å². The van der Waals surface area contributed by atoms with Crippen LogP contribution in [-0.2, 0) is 10.2 Å². The number of hydrogen-bond acceptors (Lipinski definition) is 3. The number of anilines is 1. The number of thioether (sulfide) groups is 1. The molecule has 4 aromatic rings. The van der Waals surface area contributed by atoms with E-state index in [4.69, 9.17) is 46.4 Å². The third-order valence-corrected chi connectivity index (χ3v) is 7.87. The van der Waals surface area contributed by atoms with E-state index in [2.05, 4.69) is 10.3 Å². The first-order chi connectivity index (χ1) is 17.1. The Labute approximate surface area is 232 Å². The molecular formula is C26H20Cl4FN3OS. The Morgan fingerprint density at radius 3 is 2.36 bits per heavy atom. The molecule has 0 bridgehead atoms. The minimum absolute atomic E-state index is 0.0732. The summed E-state index contributed by atoms with van der Waals surface area (Å²) in [6.45, 7) is 4.07. The van der Waals surface area contributed by atoms with Crippen molar-refractivity contribution < 1.29 is 9.18 Å². The normalized spacial score (nSPS) is 11.5. The highest BCUT2D eigenvalue weighted by Crippen LogP contribution is 2.38. The Morgan fingerprint density at radius 2 is 1.69 bits per heavy atom. The molecule has 1 N–H and O–H groups in total. The van der Waals surface area contributed by atoms with E-state index >= 15 is 0 Å². The van der Waals surface area contributed by atoms with E-state index in [1.807, 2.05) is 30.5 Å². The van der Waals surface area contributed by atoms with Gasteiger partial charge in [0.25, 0.3) is 0 Å². The van der Waals surface area contributed by atoms with Gasteiger partial charge in [-0.1, -0.05) is 78.1 Å². The fourth-order valence-electron chi connectivity index (χ4n) is 3.66. The van der Waals surface area contributed by atoms with Crippen molar-refractivity contribution in [1.82, 2.24) is 9.55 Å². The van der Waals surface area contributed by atoms with Crippen LogP contribution in [0.3, 0.4) is 0 Å². The average Bonchev–Trinajstić information content (AvgIpc) is 3.26. The summed E-state index contributed by atoms with van der Waals surface area (Å²) in [4.78, 5) is 17.3. The summed E-state index contributed by atoms with van der Waals surface area (Å²) in [5.74, 6) is -0.537. The average molecular weight is 583 g/mol. The second-order valence-corrected chi connectivity index (χ2v) is 11.1. The van der Waals surface area contributed by atoms with E-state index < -0.39 is 5.41 Å². The monoisotopic (exact) mass is 581 g/mol. The maximum absolute atomic E-state index is 13.7. The van der Waals surface area contributed by atoms with Crippen LogP contribution >= 0.6 is 58.2 Å². The summed E-state index contributed by atoms with van der Waals surface area (Å²) in [6.07, 6.45) is 1.75. The molecule has 4 nitrogen and oxygen atoms in total. The van der Waals surface area contributed by atoms with Gasteiger partial charge in [-0.2, -0.15) is 0 Å². The molecule has 1 heterocycles. The van der Waals surface area contributed by atoms with Crippen molar-refractivity contribution in [3.05, 3.63) is 104 Å². The number of benzene rings is 3. The van der Waals surface area contributed by atoms with Crippen molar-refractivity contribution in [1.29, 1.82) is 0 Å². The summed E-state index contributed by atoms with van der Waals surface area (Å²) in [7, 11) is 0. The minimum Gasteiger partial charge on any atom is -0.324 e. The molecule has 1 aromatic heterocycles. The molecule has 36 heavy (non-hydrogen) atoms. The number of carbonyl (C=O) groups excluding carboxylic acids is 1. The van der Waals surface area contributed by atoms with Gasteiger partial charge < -0.3 is 5.32 Å². The molecule has 1 amide bonds. The van der Waals surface area contributed by atoms with Crippen LogP contribution in [0.15, 0.2) is 72.0 Å². The predicted octanol–water partition coefficient (Wildman–Crippen LogP) is 8.68. The van der Waals surface area contributed by atoms with Gasteiger partial charge in [0.05, 0.1) is 38.4 Å². The van der Waals surface area contributed by atoms with Crippen molar-refractivity contribution in [3.8, 4) is 5.69 Å². The molecule has 0 aliphatic carbocycles. The Morgan fingerprint density at radius 1 is 0.972 bits per heavy atom. The molecule has 0 aliphatic heterocycles. The summed E-state index contributed by atoms with van der Waals surface area (Å²) in [6, 6.07) is 16.4. The van der Waals surface area contributed by atoms with Crippen LogP contribution in [-0.4, -0.2) is 21.2 Å². The molecule has 0 saturated carbocycles. The number of nitrogens with one attached hydrogen (secondary N) is 1. The zero-order valence-electron chi connectivity index (χ0n) is 19.2. The highest BCUT2D eigenvalue weighted by molar-refractivity contribution is 7.99. The maximum Gasteiger partial charge on any atom is 0.234 e. The van der Waals surface area contributed by atoms with Crippen LogP contribution in [0.2, 0.25) is 20.1 Å². The molecule has 0 saturated heterocycles. The van der Waals surface area contributed by atoms with Crippen molar-refractivity contribution >= 4 is 69.8 Å². The number of imidazole rings is 1. The fourth-order valence-corrected chi connectivity index (χ4v) is 5.20. The Kier molecular flexibility index (Phi) is 8.22. The molecular weight excluding hydrogens is 563 g/mol. The largest absolute Gasteiger partial charge is 0.324 e. The van der Waals surface area contributed by atoms with E-state index in [1.54, 1.807) is 42.6 Å². The molecule has 186 valence electrons. The van der Waals surface area contributed by atoms with E-state index in [0.717, 1.165) is 11.3 Å². The van der Waals surface area contributed by atoms with Gasteiger partial charge in [-0.15, -0.1) is 0 Å². The highest BCUT2D eigenvalue weighted by atomic mass is 35.5. The molecule has 10 heteroatoms. The quantitative estimate of drug-likeness (QED) is 0.222. The summed E-state index contributed by atoms with van der Waals surface area (Å²) >= 11 is 25.8. The molecule has 0 aliphatic rings. The van der Waals surface area contributed by atoms with Crippen molar-refractivity contribution in [2.75, 3.05) is 11.1 Å². The number of halogens is 5. The lowest BCUT2D eigenvalue weighted by atomic mass is 9.81. The Balaban J connectivity index is 1.66. The lowest BCUT2D eigenvalue weighted by Gasteiger charge is -2.27. The van der Waals surface area contributed by atoms with Crippen molar-refractivity contribution in [2.45, 2.75) is 24.4 Å².